The van der Waals surface area contributed by atoms with Crippen LogP contribution in [0.15, 0.2) is 11.8 Å². The summed E-state index contributed by atoms with van der Waals surface area (Å²) in [6.07, 6.45) is 4.48. The predicted molar refractivity (Wildman–Crippen MR) is 43.3 cm³/mol. The van der Waals surface area contributed by atoms with Gasteiger partial charge >= 0.3 is 0 Å². The van der Waals surface area contributed by atoms with Gasteiger partial charge in [-0.2, -0.15) is 0 Å². The molecular formula is C8H10ClNO. The van der Waals surface area contributed by atoms with Crippen molar-refractivity contribution in [3.8, 4) is 0 Å². The van der Waals surface area contributed by atoms with Crippen molar-refractivity contribution in [3.05, 3.63) is 11.8 Å². The molecule has 1 fully saturated rings. The first-order chi connectivity index (χ1) is 5.27. The second kappa shape index (κ2) is 2.52. The van der Waals surface area contributed by atoms with Gasteiger partial charge in [-0.1, -0.05) is 0 Å². The Labute approximate surface area is 70.8 Å². The topological polar surface area (TPSA) is 20.3 Å². The fourth-order valence-electron chi connectivity index (χ4n) is 1.65. The lowest BCUT2D eigenvalue weighted by atomic mass is 10.1. The minimum absolute atomic E-state index is 0.146. The number of rotatable bonds is 0. The van der Waals surface area contributed by atoms with Crippen LogP contribution >= 0.6 is 11.6 Å². The third-order valence-corrected chi connectivity index (χ3v) is 2.59. The summed E-state index contributed by atoms with van der Waals surface area (Å²) in [6.45, 7) is 0.818. The third kappa shape index (κ3) is 1.16. The molecular weight excluding hydrogens is 162 g/mol. The summed E-state index contributed by atoms with van der Waals surface area (Å²) in [5, 5.41) is 0.146. The molecule has 2 aliphatic heterocycles. The van der Waals surface area contributed by atoms with Crippen molar-refractivity contribution < 1.29 is 4.79 Å². The second-order valence-corrected chi connectivity index (χ2v) is 3.57. The molecule has 2 rings (SSSR count). The van der Waals surface area contributed by atoms with Gasteiger partial charge in [-0.25, -0.2) is 0 Å². The number of alkyl halides is 1. The molecule has 11 heavy (non-hydrogen) atoms. The Bertz CT molecular complexity index is 224. The van der Waals surface area contributed by atoms with Crippen LogP contribution in [0.3, 0.4) is 0 Å². The van der Waals surface area contributed by atoms with E-state index >= 15 is 0 Å². The van der Waals surface area contributed by atoms with Gasteiger partial charge in [-0.15, -0.1) is 11.6 Å². The van der Waals surface area contributed by atoms with Crippen molar-refractivity contribution in [2.45, 2.75) is 24.6 Å². The Hall–Kier alpha value is -0.500. The minimum Gasteiger partial charge on any atom is -0.316 e. The molecule has 60 valence electrons. The lowest BCUT2D eigenvalue weighted by Crippen LogP contribution is -2.29. The monoisotopic (exact) mass is 171 g/mol. The Morgan fingerprint density at radius 2 is 2.36 bits per heavy atom. The molecule has 0 N–H and O–H groups in total. The van der Waals surface area contributed by atoms with Gasteiger partial charge in [0.25, 0.3) is 0 Å². The minimum atomic E-state index is 0.146. The molecule has 2 aliphatic rings. The van der Waals surface area contributed by atoms with Gasteiger partial charge in [-0.05, 0) is 18.9 Å². The standard InChI is InChI=1S/C8H10ClNO/c9-6-3-4-10-7(5-6)1-2-8(10)11/h5-6H,1-4H2. The molecule has 1 atom stereocenters. The SMILES string of the molecule is O=C1CCC2=CC(Cl)CCN12. The summed E-state index contributed by atoms with van der Waals surface area (Å²) < 4.78 is 0. The van der Waals surface area contributed by atoms with Gasteiger partial charge in [0.1, 0.15) is 0 Å². The van der Waals surface area contributed by atoms with E-state index in [1.54, 1.807) is 0 Å². The highest BCUT2D eigenvalue weighted by Crippen LogP contribution is 2.28. The highest BCUT2D eigenvalue weighted by molar-refractivity contribution is 6.22. The molecule has 0 aliphatic carbocycles. The van der Waals surface area contributed by atoms with Crippen molar-refractivity contribution in [2.75, 3.05) is 6.54 Å². The fraction of sp³-hybridized carbons (Fsp3) is 0.625. The molecule has 0 bridgehead atoms. The van der Waals surface area contributed by atoms with E-state index in [0.717, 1.165) is 25.1 Å². The summed E-state index contributed by atoms with van der Waals surface area (Å²) in [5.41, 5.74) is 1.14. The average Bonchev–Trinajstić information content (AvgIpc) is 2.32. The molecule has 3 heteroatoms. The van der Waals surface area contributed by atoms with Crippen LogP contribution in [0.2, 0.25) is 0 Å². The lowest BCUT2D eigenvalue weighted by molar-refractivity contribution is -0.126. The Morgan fingerprint density at radius 1 is 1.55 bits per heavy atom. The summed E-state index contributed by atoms with van der Waals surface area (Å²) in [4.78, 5) is 13.0. The maximum absolute atomic E-state index is 11.2. The summed E-state index contributed by atoms with van der Waals surface area (Å²) in [6, 6.07) is 0. The van der Waals surface area contributed by atoms with Crippen LogP contribution < -0.4 is 0 Å². The van der Waals surface area contributed by atoms with Crippen LogP contribution in [0, 0.1) is 0 Å². The highest BCUT2D eigenvalue weighted by Gasteiger charge is 2.28. The van der Waals surface area contributed by atoms with Crippen LogP contribution in [-0.2, 0) is 4.79 Å². The molecule has 2 nitrogen and oxygen atoms in total. The third-order valence-electron chi connectivity index (χ3n) is 2.24. The van der Waals surface area contributed by atoms with E-state index in [0.29, 0.717) is 6.42 Å². The van der Waals surface area contributed by atoms with E-state index in [9.17, 15) is 4.79 Å². The first-order valence-corrected chi connectivity index (χ1v) is 4.36. The molecule has 0 radical (unpaired) electrons. The number of hydrogen-bond acceptors (Lipinski definition) is 1. The molecule has 0 aromatic heterocycles. The lowest BCUT2D eigenvalue weighted by Gasteiger charge is -2.24. The molecule has 1 unspecified atom stereocenters. The number of fused-ring (bicyclic) bond motifs is 1. The summed E-state index contributed by atoms with van der Waals surface area (Å²) in [7, 11) is 0. The van der Waals surface area contributed by atoms with Crippen molar-refractivity contribution >= 4 is 17.5 Å². The largest absolute Gasteiger partial charge is 0.316 e. The van der Waals surface area contributed by atoms with Gasteiger partial charge in [0.2, 0.25) is 5.91 Å². The fourth-order valence-corrected chi connectivity index (χ4v) is 1.89. The molecule has 0 aromatic carbocycles. The Balaban J connectivity index is 2.24. The number of amides is 1. The quantitative estimate of drug-likeness (QED) is 0.506. The summed E-state index contributed by atoms with van der Waals surface area (Å²) in [5.74, 6) is 0.264. The van der Waals surface area contributed by atoms with Crippen LogP contribution in [0.25, 0.3) is 0 Å². The molecule has 1 amide bonds. The van der Waals surface area contributed by atoms with Gasteiger partial charge < -0.3 is 4.90 Å². The zero-order valence-electron chi connectivity index (χ0n) is 6.22. The first-order valence-electron chi connectivity index (χ1n) is 3.92. The molecule has 0 aromatic rings. The van der Waals surface area contributed by atoms with Crippen molar-refractivity contribution in [1.29, 1.82) is 0 Å². The normalized spacial score (nSPS) is 30.3. The van der Waals surface area contributed by atoms with Crippen molar-refractivity contribution in [1.82, 2.24) is 4.90 Å². The first kappa shape index (κ1) is 7.17. The van der Waals surface area contributed by atoms with Gasteiger partial charge in [0, 0.05) is 18.7 Å². The van der Waals surface area contributed by atoms with E-state index < -0.39 is 0 Å². The summed E-state index contributed by atoms with van der Waals surface area (Å²) >= 11 is 5.92. The number of halogens is 1. The van der Waals surface area contributed by atoms with E-state index in [1.165, 1.54) is 0 Å². The van der Waals surface area contributed by atoms with E-state index in [1.807, 2.05) is 11.0 Å². The Kier molecular flexibility index (Phi) is 1.64. The predicted octanol–water partition coefficient (Wildman–Crippen LogP) is 1.50. The number of allylic oxidation sites excluding steroid dienone is 2. The van der Waals surface area contributed by atoms with Crippen LogP contribution in [-0.4, -0.2) is 22.7 Å². The van der Waals surface area contributed by atoms with Crippen LogP contribution in [0.1, 0.15) is 19.3 Å². The maximum Gasteiger partial charge on any atom is 0.227 e. The molecule has 1 saturated heterocycles. The van der Waals surface area contributed by atoms with Crippen molar-refractivity contribution in [2.24, 2.45) is 0 Å². The number of nitrogens with zero attached hydrogens (tertiary/aromatic N) is 1. The molecule has 0 spiro atoms. The number of hydrogen-bond donors (Lipinski definition) is 0. The van der Waals surface area contributed by atoms with Gasteiger partial charge in [0.05, 0.1) is 5.38 Å². The van der Waals surface area contributed by atoms with Crippen LogP contribution in [0.5, 0.6) is 0 Å². The van der Waals surface area contributed by atoms with Gasteiger partial charge in [-0.3, -0.25) is 4.79 Å². The van der Waals surface area contributed by atoms with Gasteiger partial charge in [0.15, 0.2) is 0 Å². The molecule has 0 saturated carbocycles. The maximum atomic E-state index is 11.2. The zero-order valence-corrected chi connectivity index (χ0v) is 6.97. The van der Waals surface area contributed by atoms with E-state index in [-0.39, 0.29) is 11.3 Å². The average molecular weight is 172 g/mol. The van der Waals surface area contributed by atoms with Crippen LogP contribution in [0.4, 0.5) is 0 Å². The highest BCUT2D eigenvalue weighted by atomic mass is 35.5. The van der Waals surface area contributed by atoms with E-state index in [4.69, 9.17) is 11.6 Å². The smallest absolute Gasteiger partial charge is 0.227 e. The zero-order chi connectivity index (χ0) is 7.84. The van der Waals surface area contributed by atoms with Crippen molar-refractivity contribution in [3.63, 3.8) is 0 Å². The van der Waals surface area contributed by atoms with E-state index in [2.05, 4.69) is 0 Å². The number of carbonyl (C=O) groups excluding carboxylic acids is 1. The Morgan fingerprint density at radius 3 is 3.18 bits per heavy atom. The molecule has 2 heterocycles. The number of carbonyl (C=O) groups is 1. The second-order valence-electron chi connectivity index (χ2n) is 3.01.